The van der Waals surface area contributed by atoms with Crippen LogP contribution >= 0.6 is 0 Å². The van der Waals surface area contributed by atoms with Crippen LogP contribution in [0.15, 0.2) is 18.3 Å². The molecule has 20 heavy (non-hydrogen) atoms. The number of hydrogen-bond donors (Lipinski definition) is 1. The molecular weight excluding hydrogens is 254 g/mol. The number of ether oxygens (including phenoxy) is 1. The molecule has 2 rings (SSSR count). The Morgan fingerprint density at radius 1 is 1.60 bits per heavy atom. The number of carbonyl (C=O) groups excluding carboxylic acids is 1. The summed E-state index contributed by atoms with van der Waals surface area (Å²) >= 11 is 0. The van der Waals surface area contributed by atoms with Crippen molar-refractivity contribution in [2.24, 2.45) is 0 Å². The quantitative estimate of drug-likeness (QED) is 0.819. The fourth-order valence-electron chi connectivity index (χ4n) is 2.70. The van der Waals surface area contributed by atoms with Crippen LogP contribution in [0.3, 0.4) is 0 Å². The van der Waals surface area contributed by atoms with E-state index in [-0.39, 0.29) is 5.91 Å². The standard InChI is InChI=1S/C15H25N3O2/c1-3-17-9-5-7-14(17)15(19)18(10-11-20-2)12-13-6-4-8-16-13/h5,7,9,13,16H,3-4,6,8,10-12H2,1-2H3. The number of carbonyl (C=O) groups is 1. The minimum absolute atomic E-state index is 0.0996. The summed E-state index contributed by atoms with van der Waals surface area (Å²) in [6.45, 7) is 5.90. The fourth-order valence-corrected chi connectivity index (χ4v) is 2.70. The number of hydrogen-bond acceptors (Lipinski definition) is 3. The highest BCUT2D eigenvalue weighted by Gasteiger charge is 2.23. The molecule has 0 aromatic carbocycles. The molecule has 2 heterocycles. The molecule has 1 atom stereocenters. The van der Waals surface area contributed by atoms with Gasteiger partial charge in [-0.25, -0.2) is 0 Å². The molecule has 1 N–H and O–H groups in total. The van der Waals surface area contributed by atoms with Gasteiger partial charge in [-0.3, -0.25) is 4.79 Å². The highest BCUT2D eigenvalue weighted by atomic mass is 16.5. The van der Waals surface area contributed by atoms with Crippen molar-refractivity contribution in [3.63, 3.8) is 0 Å². The van der Waals surface area contributed by atoms with Crippen molar-refractivity contribution in [1.29, 1.82) is 0 Å². The predicted octanol–water partition coefficient (Wildman–Crippen LogP) is 1.35. The SMILES string of the molecule is CCn1cccc1C(=O)N(CCOC)CC1CCCN1. The highest BCUT2D eigenvalue weighted by Crippen LogP contribution is 2.11. The van der Waals surface area contributed by atoms with E-state index in [0.29, 0.717) is 19.2 Å². The first-order valence-electron chi connectivity index (χ1n) is 7.43. The molecule has 1 amide bonds. The zero-order valence-corrected chi connectivity index (χ0v) is 12.5. The Morgan fingerprint density at radius 3 is 3.10 bits per heavy atom. The van der Waals surface area contributed by atoms with E-state index in [9.17, 15) is 4.79 Å². The molecule has 5 nitrogen and oxygen atoms in total. The monoisotopic (exact) mass is 279 g/mol. The highest BCUT2D eigenvalue weighted by molar-refractivity contribution is 5.92. The minimum Gasteiger partial charge on any atom is -0.383 e. The Labute approximate surface area is 120 Å². The molecular formula is C15H25N3O2. The van der Waals surface area contributed by atoms with Crippen molar-refractivity contribution in [1.82, 2.24) is 14.8 Å². The Kier molecular flexibility index (Phi) is 5.61. The third kappa shape index (κ3) is 3.61. The van der Waals surface area contributed by atoms with E-state index in [4.69, 9.17) is 4.74 Å². The predicted molar refractivity (Wildman–Crippen MR) is 78.9 cm³/mol. The summed E-state index contributed by atoms with van der Waals surface area (Å²) < 4.78 is 7.13. The second-order valence-corrected chi connectivity index (χ2v) is 5.22. The molecule has 0 saturated carbocycles. The van der Waals surface area contributed by atoms with Crippen LogP contribution in [0.4, 0.5) is 0 Å². The molecule has 0 bridgehead atoms. The molecule has 112 valence electrons. The molecule has 1 aliphatic rings. The average molecular weight is 279 g/mol. The van der Waals surface area contributed by atoms with Crippen LogP contribution in [0.1, 0.15) is 30.3 Å². The van der Waals surface area contributed by atoms with E-state index >= 15 is 0 Å². The van der Waals surface area contributed by atoms with E-state index in [1.54, 1.807) is 7.11 Å². The van der Waals surface area contributed by atoms with E-state index in [1.165, 1.54) is 6.42 Å². The number of rotatable bonds is 7. The van der Waals surface area contributed by atoms with Crippen LogP contribution in [0.2, 0.25) is 0 Å². The minimum atomic E-state index is 0.0996. The van der Waals surface area contributed by atoms with Crippen LogP contribution in [-0.4, -0.2) is 54.8 Å². The number of amides is 1. The normalized spacial score (nSPS) is 18.4. The van der Waals surface area contributed by atoms with Crippen molar-refractivity contribution in [3.8, 4) is 0 Å². The van der Waals surface area contributed by atoms with Gasteiger partial charge >= 0.3 is 0 Å². The number of nitrogens with zero attached hydrogens (tertiary/aromatic N) is 2. The van der Waals surface area contributed by atoms with E-state index in [2.05, 4.69) is 12.2 Å². The number of methoxy groups -OCH3 is 1. The molecule has 5 heteroatoms. The van der Waals surface area contributed by atoms with Gasteiger partial charge in [0.1, 0.15) is 5.69 Å². The lowest BCUT2D eigenvalue weighted by molar-refractivity contribution is 0.0669. The maximum Gasteiger partial charge on any atom is 0.270 e. The van der Waals surface area contributed by atoms with Crippen molar-refractivity contribution >= 4 is 5.91 Å². The first-order chi connectivity index (χ1) is 9.76. The molecule has 0 aliphatic carbocycles. The second kappa shape index (κ2) is 7.45. The van der Waals surface area contributed by atoms with E-state index in [1.807, 2.05) is 27.8 Å². The summed E-state index contributed by atoms with van der Waals surface area (Å²) in [4.78, 5) is 14.6. The molecule has 1 aromatic heterocycles. The largest absolute Gasteiger partial charge is 0.383 e. The van der Waals surface area contributed by atoms with Crippen molar-refractivity contribution in [3.05, 3.63) is 24.0 Å². The van der Waals surface area contributed by atoms with Crippen molar-refractivity contribution in [2.75, 3.05) is 33.4 Å². The summed E-state index contributed by atoms with van der Waals surface area (Å²) in [5, 5.41) is 3.45. The smallest absolute Gasteiger partial charge is 0.270 e. The number of nitrogens with one attached hydrogen (secondary N) is 1. The summed E-state index contributed by atoms with van der Waals surface area (Å²) in [7, 11) is 1.67. The van der Waals surface area contributed by atoms with Crippen LogP contribution in [0, 0.1) is 0 Å². The maximum atomic E-state index is 12.7. The lowest BCUT2D eigenvalue weighted by atomic mass is 10.2. The van der Waals surface area contributed by atoms with Crippen molar-refractivity contribution < 1.29 is 9.53 Å². The molecule has 0 spiro atoms. The summed E-state index contributed by atoms with van der Waals surface area (Å²) in [6.07, 6.45) is 4.30. The molecule has 1 unspecified atom stereocenters. The van der Waals surface area contributed by atoms with Gasteiger partial charge in [0.25, 0.3) is 5.91 Å². The zero-order valence-electron chi connectivity index (χ0n) is 12.5. The average Bonchev–Trinajstić information content (AvgIpc) is 3.13. The lowest BCUT2D eigenvalue weighted by Crippen LogP contribution is -2.43. The number of aryl methyl sites for hydroxylation is 1. The Hall–Kier alpha value is -1.33. The van der Waals surface area contributed by atoms with Crippen LogP contribution in [0.5, 0.6) is 0 Å². The zero-order chi connectivity index (χ0) is 14.4. The van der Waals surface area contributed by atoms with Crippen LogP contribution in [-0.2, 0) is 11.3 Å². The van der Waals surface area contributed by atoms with Gasteiger partial charge in [-0.15, -0.1) is 0 Å². The Bertz CT molecular complexity index is 425. The maximum absolute atomic E-state index is 12.7. The topological polar surface area (TPSA) is 46.5 Å². The summed E-state index contributed by atoms with van der Waals surface area (Å²) in [5.74, 6) is 0.0996. The van der Waals surface area contributed by atoms with Crippen molar-refractivity contribution in [2.45, 2.75) is 32.4 Å². The molecule has 1 aliphatic heterocycles. The molecule has 1 saturated heterocycles. The second-order valence-electron chi connectivity index (χ2n) is 5.22. The van der Waals surface area contributed by atoms with Gasteiger partial charge in [0, 0.05) is 39.0 Å². The summed E-state index contributed by atoms with van der Waals surface area (Å²) in [6, 6.07) is 4.24. The Balaban J connectivity index is 2.06. The van der Waals surface area contributed by atoms with Gasteiger partial charge in [-0.1, -0.05) is 0 Å². The van der Waals surface area contributed by atoms with Crippen LogP contribution in [0.25, 0.3) is 0 Å². The molecule has 1 fully saturated rings. The number of aromatic nitrogens is 1. The fraction of sp³-hybridized carbons (Fsp3) is 0.667. The van der Waals surface area contributed by atoms with Gasteiger partial charge < -0.3 is 19.5 Å². The van der Waals surface area contributed by atoms with Gasteiger partial charge in [-0.05, 0) is 38.4 Å². The van der Waals surface area contributed by atoms with Gasteiger partial charge in [0.2, 0.25) is 0 Å². The summed E-state index contributed by atoms with van der Waals surface area (Å²) in [5.41, 5.74) is 0.765. The van der Waals surface area contributed by atoms with Gasteiger partial charge in [-0.2, -0.15) is 0 Å². The van der Waals surface area contributed by atoms with Gasteiger partial charge in [0.05, 0.1) is 6.61 Å². The third-order valence-corrected chi connectivity index (χ3v) is 3.85. The lowest BCUT2D eigenvalue weighted by Gasteiger charge is -2.26. The third-order valence-electron chi connectivity index (χ3n) is 3.85. The Morgan fingerprint density at radius 2 is 2.45 bits per heavy atom. The van der Waals surface area contributed by atoms with Crippen LogP contribution < -0.4 is 5.32 Å². The van der Waals surface area contributed by atoms with Gasteiger partial charge in [0.15, 0.2) is 0 Å². The van der Waals surface area contributed by atoms with E-state index < -0.39 is 0 Å². The first-order valence-corrected chi connectivity index (χ1v) is 7.43. The molecule has 0 radical (unpaired) electrons. The molecule has 1 aromatic rings. The van der Waals surface area contributed by atoms with E-state index in [0.717, 1.165) is 31.7 Å². The first kappa shape index (κ1) is 15.1.